The Bertz CT molecular complexity index is 1610. The quantitative estimate of drug-likeness (QED) is 0.362. The van der Waals surface area contributed by atoms with Crippen LogP contribution < -0.4 is 22.5 Å². The van der Waals surface area contributed by atoms with E-state index in [1.165, 1.54) is 33.4 Å². The molecule has 0 radical (unpaired) electrons. The van der Waals surface area contributed by atoms with Gasteiger partial charge in [0.1, 0.15) is 17.2 Å². The molecule has 0 bridgehead atoms. The van der Waals surface area contributed by atoms with Crippen molar-refractivity contribution in [1.82, 2.24) is 19.1 Å². The van der Waals surface area contributed by atoms with E-state index in [0.717, 1.165) is 18.4 Å². The fourth-order valence-electron chi connectivity index (χ4n) is 3.52. The number of nitrogen functional groups attached to an aromatic ring is 2. The molecule has 178 valence electrons. The molecule has 0 unspecified atom stereocenters. The zero-order valence-corrected chi connectivity index (χ0v) is 19.2. The average Bonchev–Trinajstić information content (AvgIpc) is 3.03. The molecular formula is C21H21F2N7O3S. The summed E-state index contributed by atoms with van der Waals surface area (Å²) < 4.78 is 54.1. The zero-order chi connectivity index (χ0) is 24.9. The molecule has 0 amide bonds. The van der Waals surface area contributed by atoms with E-state index in [-0.39, 0.29) is 50.9 Å². The minimum atomic E-state index is -3.59. The lowest BCUT2D eigenvalue weighted by Gasteiger charge is -2.10. The molecular weight excluding hydrogens is 468 g/mol. The number of aromatic nitrogens is 4. The van der Waals surface area contributed by atoms with Gasteiger partial charge < -0.3 is 16.8 Å². The van der Waals surface area contributed by atoms with Gasteiger partial charge in [0.2, 0.25) is 5.95 Å². The van der Waals surface area contributed by atoms with Gasteiger partial charge in [0.25, 0.3) is 0 Å². The van der Waals surface area contributed by atoms with Crippen molar-refractivity contribution in [2.45, 2.75) is 24.8 Å². The van der Waals surface area contributed by atoms with Crippen molar-refractivity contribution < 1.29 is 17.2 Å². The number of rotatable bonds is 5. The largest absolute Gasteiger partial charge is 0.396 e. The van der Waals surface area contributed by atoms with Crippen LogP contribution in [-0.4, -0.2) is 33.8 Å². The van der Waals surface area contributed by atoms with Crippen LogP contribution in [0.25, 0.3) is 16.9 Å². The zero-order valence-electron chi connectivity index (χ0n) is 18.4. The maximum atomic E-state index is 14.5. The van der Waals surface area contributed by atoms with Crippen LogP contribution in [0.5, 0.6) is 0 Å². The smallest absolute Gasteiger partial charge is 0.335 e. The molecule has 0 aliphatic rings. The first kappa shape index (κ1) is 23.2. The number of nitrogens with one attached hydrogen (secondary N) is 1. The summed E-state index contributed by atoms with van der Waals surface area (Å²) in [5.74, 6) is -1.68. The van der Waals surface area contributed by atoms with Gasteiger partial charge >= 0.3 is 5.69 Å². The van der Waals surface area contributed by atoms with E-state index in [1.54, 1.807) is 13.8 Å². The number of hydrogen-bond acceptors (Lipinski definition) is 8. The van der Waals surface area contributed by atoms with Gasteiger partial charge in [-0.05, 0) is 50.2 Å². The maximum Gasteiger partial charge on any atom is 0.335 e. The molecule has 5 N–H and O–H groups in total. The minimum absolute atomic E-state index is 0.0877. The Morgan fingerprint density at radius 3 is 2.32 bits per heavy atom. The van der Waals surface area contributed by atoms with Crippen LogP contribution >= 0.6 is 0 Å². The molecule has 0 aliphatic carbocycles. The summed E-state index contributed by atoms with van der Waals surface area (Å²) in [6.07, 6.45) is 0.969. The highest BCUT2D eigenvalue weighted by Gasteiger charge is 2.23. The number of fused-ring (bicyclic) bond motifs is 1. The number of hydrogen-bond donors (Lipinski definition) is 3. The van der Waals surface area contributed by atoms with E-state index < -0.39 is 27.2 Å². The molecule has 13 heteroatoms. The Hall–Kier alpha value is -4.00. The summed E-state index contributed by atoms with van der Waals surface area (Å²) in [7, 11) is -3.59. The van der Waals surface area contributed by atoms with Gasteiger partial charge in [-0.15, -0.1) is 0 Å². The fourth-order valence-corrected chi connectivity index (χ4v) is 4.15. The number of imidazole rings is 1. The number of sulfone groups is 1. The van der Waals surface area contributed by atoms with E-state index in [9.17, 15) is 22.0 Å². The second kappa shape index (κ2) is 8.09. The summed E-state index contributed by atoms with van der Waals surface area (Å²) >= 11 is 0. The standard InChI is InChI=1S/C21H21F2N7O3S/c1-10(2)29-19-17(30(21(29)31)11-4-6-13(22)15(24)8-11)18(25)27-20(28-19)26-16-7-5-12(9-14(16)23)34(3,32)33/h4-10H,24H2,1-3H3,(H3,25,26,27,28). The van der Waals surface area contributed by atoms with Gasteiger partial charge in [-0.25, -0.2) is 22.0 Å². The first-order valence-corrected chi connectivity index (χ1v) is 11.9. The number of halogens is 2. The number of benzene rings is 2. The Labute approximate surface area is 192 Å². The normalized spacial score (nSPS) is 11.9. The van der Waals surface area contributed by atoms with Crippen LogP contribution in [0.15, 0.2) is 46.1 Å². The minimum Gasteiger partial charge on any atom is -0.396 e. The van der Waals surface area contributed by atoms with Gasteiger partial charge in [0.15, 0.2) is 21.3 Å². The fraction of sp³-hybridized carbons (Fsp3) is 0.190. The summed E-state index contributed by atoms with van der Waals surface area (Å²) in [6, 6.07) is 6.80. The average molecular weight is 490 g/mol. The monoisotopic (exact) mass is 489 g/mol. The molecule has 0 aliphatic heterocycles. The van der Waals surface area contributed by atoms with Crippen LogP contribution in [0, 0.1) is 11.6 Å². The molecule has 2 aromatic carbocycles. The molecule has 0 fully saturated rings. The van der Waals surface area contributed by atoms with E-state index >= 15 is 0 Å². The first-order valence-electron chi connectivity index (χ1n) is 10.0. The third kappa shape index (κ3) is 3.94. The predicted octanol–water partition coefficient (Wildman–Crippen LogP) is 2.75. The van der Waals surface area contributed by atoms with Crippen molar-refractivity contribution in [2.24, 2.45) is 0 Å². The van der Waals surface area contributed by atoms with Crippen LogP contribution in [0.4, 0.5) is 31.9 Å². The summed E-state index contributed by atoms with van der Waals surface area (Å²) in [5, 5.41) is 2.67. The Kier molecular flexibility index (Phi) is 5.52. The van der Waals surface area contributed by atoms with Crippen LogP contribution in [0.1, 0.15) is 19.9 Å². The second-order valence-electron chi connectivity index (χ2n) is 7.93. The van der Waals surface area contributed by atoms with Crippen molar-refractivity contribution in [1.29, 1.82) is 0 Å². The number of nitrogens with zero attached hydrogens (tertiary/aromatic N) is 4. The lowest BCUT2D eigenvalue weighted by Crippen LogP contribution is -2.24. The highest BCUT2D eigenvalue weighted by atomic mass is 32.2. The molecule has 2 aromatic heterocycles. The van der Waals surface area contributed by atoms with Crippen molar-refractivity contribution in [3.63, 3.8) is 0 Å². The third-order valence-corrected chi connectivity index (χ3v) is 6.22. The highest BCUT2D eigenvalue weighted by Crippen LogP contribution is 2.28. The van der Waals surface area contributed by atoms with Crippen molar-refractivity contribution >= 4 is 44.1 Å². The molecule has 10 nitrogen and oxygen atoms in total. The summed E-state index contributed by atoms with van der Waals surface area (Å²) in [5.41, 5.74) is 11.7. The molecule has 4 rings (SSSR count). The molecule has 34 heavy (non-hydrogen) atoms. The first-order chi connectivity index (χ1) is 15.9. The molecule has 0 saturated heterocycles. The molecule has 4 aromatic rings. The molecule has 0 spiro atoms. The molecule has 2 heterocycles. The number of anilines is 4. The van der Waals surface area contributed by atoms with E-state index in [4.69, 9.17) is 11.5 Å². The van der Waals surface area contributed by atoms with E-state index in [0.29, 0.717) is 0 Å². The summed E-state index contributed by atoms with van der Waals surface area (Å²) in [4.78, 5) is 21.6. The van der Waals surface area contributed by atoms with Crippen LogP contribution in [0.2, 0.25) is 0 Å². The Balaban J connectivity index is 1.89. The van der Waals surface area contributed by atoms with Crippen molar-refractivity contribution in [3.05, 3.63) is 58.5 Å². The van der Waals surface area contributed by atoms with Crippen LogP contribution in [-0.2, 0) is 9.84 Å². The van der Waals surface area contributed by atoms with E-state index in [2.05, 4.69) is 15.3 Å². The predicted molar refractivity (Wildman–Crippen MR) is 125 cm³/mol. The van der Waals surface area contributed by atoms with Crippen LogP contribution in [0.3, 0.4) is 0 Å². The lowest BCUT2D eigenvalue weighted by molar-refractivity contribution is 0.586. The number of nitrogens with two attached hydrogens (primary N) is 2. The molecule has 0 saturated carbocycles. The van der Waals surface area contributed by atoms with E-state index in [1.807, 2.05) is 0 Å². The highest BCUT2D eigenvalue weighted by molar-refractivity contribution is 7.90. The Morgan fingerprint density at radius 2 is 1.74 bits per heavy atom. The lowest BCUT2D eigenvalue weighted by atomic mass is 10.2. The Morgan fingerprint density at radius 1 is 1.03 bits per heavy atom. The SMILES string of the molecule is CC(C)n1c(=O)n(-c2ccc(F)c(N)c2)c2c(N)nc(Nc3ccc(S(C)(=O)=O)cc3F)nc21. The third-order valence-electron chi connectivity index (χ3n) is 5.11. The second-order valence-corrected chi connectivity index (χ2v) is 9.95. The van der Waals surface area contributed by atoms with Gasteiger partial charge in [-0.1, -0.05) is 0 Å². The van der Waals surface area contributed by atoms with Crippen molar-refractivity contribution in [2.75, 3.05) is 23.0 Å². The van der Waals surface area contributed by atoms with Gasteiger partial charge in [0.05, 0.1) is 22.0 Å². The van der Waals surface area contributed by atoms with Gasteiger partial charge in [-0.3, -0.25) is 9.13 Å². The topological polar surface area (TPSA) is 151 Å². The maximum absolute atomic E-state index is 14.5. The van der Waals surface area contributed by atoms with Gasteiger partial charge in [0, 0.05) is 12.3 Å². The summed E-state index contributed by atoms with van der Waals surface area (Å²) in [6.45, 7) is 3.53. The molecule has 0 atom stereocenters. The van der Waals surface area contributed by atoms with Crippen molar-refractivity contribution in [3.8, 4) is 5.69 Å². The van der Waals surface area contributed by atoms with Gasteiger partial charge in [-0.2, -0.15) is 9.97 Å².